The molecule has 1 aromatic carbocycles. The summed E-state index contributed by atoms with van der Waals surface area (Å²) in [5, 5.41) is 6.90. The Hall–Kier alpha value is -1.75. The standard InChI is InChI=1S/C17H26N4O/c1-18-17(20-15-12-14-8-9-16(15)22-14)19-10-11-21(2)13-6-4-3-5-7-13/h3-7,14-16H,8-12H2,1-2H3,(H2,18,19,20). The van der Waals surface area contributed by atoms with Crippen molar-refractivity contribution in [2.75, 3.05) is 32.1 Å². The highest BCUT2D eigenvalue weighted by atomic mass is 16.5. The second-order valence-electron chi connectivity index (χ2n) is 6.12. The van der Waals surface area contributed by atoms with Crippen LogP contribution in [0.1, 0.15) is 19.3 Å². The van der Waals surface area contributed by atoms with E-state index in [4.69, 9.17) is 4.74 Å². The average Bonchev–Trinajstić information content (AvgIpc) is 3.17. The Morgan fingerprint density at radius 1 is 1.32 bits per heavy atom. The molecule has 3 atom stereocenters. The van der Waals surface area contributed by atoms with Crippen molar-refractivity contribution >= 4 is 11.6 Å². The Balaban J connectivity index is 1.42. The van der Waals surface area contributed by atoms with E-state index >= 15 is 0 Å². The minimum absolute atomic E-state index is 0.371. The van der Waals surface area contributed by atoms with Gasteiger partial charge in [0.15, 0.2) is 5.96 Å². The SMILES string of the molecule is CN=C(NCCN(C)c1ccccc1)NC1CC2CCC1O2. The lowest BCUT2D eigenvalue weighted by molar-refractivity contribution is 0.0992. The van der Waals surface area contributed by atoms with Crippen LogP contribution in [0.3, 0.4) is 0 Å². The first-order valence-electron chi connectivity index (χ1n) is 8.15. The topological polar surface area (TPSA) is 48.9 Å². The van der Waals surface area contributed by atoms with Crippen LogP contribution in [0.2, 0.25) is 0 Å². The molecule has 5 nitrogen and oxygen atoms in total. The first-order chi connectivity index (χ1) is 10.8. The molecule has 2 bridgehead atoms. The number of anilines is 1. The molecule has 120 valence electrons. The number of rotatable bonds is 5. The van der Waals surface area contributed by atoms with Crippen LogP contribution in [0.25, 0.3) is 0 Å². The zero-order valence-electron chi connectivity index (χ0n) is 13.5. The van der Waals surface area contributed by atoms with E-state index < -0.39 is 0 Å². The number of para-hydroxylation sites is 1. The summed E-state index contributed by atoms with van der Waals surface area (Å²) in [7, 11) is 3.93. The predicted octanol–water partition coefficient (Wildman–Crippen LogP) is 1.61. The maximum atomic E-state index is 5.88. The van der Waals surface area contributed by atoms with Gasteiger partial charge in [-0.3, -0.25) is 4.99 Å². The molecule has 2 heterocycles. The molecule has 2 aliphatic heterocycles. The van der Waals surface area contributed by atoms with Gasteiger partial charge < -0.3 is 20.3 Å². The third-order valence-corrected chi connectivity index (χ3v) is 4.59. The number of benzene rings is 1. The molecule has 2 fully saturated rings. The number of hydrogen-bond donors (Lipinski definition) is 2. The normalized spacial score (nSPS) is 27.0. The molecule has 2 N–H and O–H groups in total. The minimum Gasteiger partial charge on any atom is -0.373 e. The van der Waals surface area contributed by atoms with Gasteiger partial charge in [-0.2, -0.15) is 0 Å². The lowest BCUT2D eigenvalue weighted by atomic mass is 9.96. The summed E-state index contributed by atoms with van der Waals surface area (Å²) in [4.78, 5) is 6.56. The quantitative estimate of drug-likeness (QED) is 0.641. The summed E-state index contributed by atoms with van der Waals surface area (Å²) in [6, 6.07) is 10.8. The van der Waals surface area contributed by atoms with Crippen molar-refractivity contribution < 1.29 is 4.74 Å². The molecular formula is C17H26N4O. The summed E-state index contributed by atoms with van der Waals surface area (Å²) in [5.74, 6) is 0.877. The average molecular weight is 302 g/mol. The van der Waals surface area contributed by atoms with Gasteiger partial charge in [-0.1, -0.05) is 18.2 Å². The first kappa shape index (κ1) is 15.2. The maximum Gasteiger partial charge on any atom is 0.191 e. The Labute approximate surface area is 132 Å². The number of ether oxygens (including phenoxy) is 1. The van der Waals surface area contributed by atoms with Crippen LogP contribution in [0, 0.1) is 0 Å². The monoisotopic (exact) mass is 302 g/mol. The van der Waals surface area contributed by atoms with Gasteiger partial charge in [-0.15, -0.1) is 0 Å². The van der Waals surface area contributed by atoms with Gasteiger partial charge in [-0.25, -0.2) is 0 Å². The van der Waals surface area contributed by atoms with Gasteiger partial charge >= 0.3 is 0 Å². The van der Waals surface area contributed by atoms with E-state index in [0.717, 1.165) is 25.5 Å². The van der Waals surface area contributed by atoms with Crippen molar-refractivity contribution in [3.8, 4) is 0 Å². The van der Waals surface area contributed by atoms with Crippen molar-refractivity contribution in [3.05, 3.63) is 30.3 Å². The van der Waals surface area contributed by atoms with Crippen molar-refractivity contribution in [1.82, 2.24) is 10.6 Å². The number of nitrogens with zero attached hydrogens (tertiary/aromatic N) is 2. The van der Waals surface area contributed by atoms with E-state index in [1.54, 1.807) is 0 Å². The third kappa shape index (κ3) is 3.53. The molecule has 0 radical (unpaired) electrons. The molecule has 2 saturated heterocycles. The Bertz CT molecular complexity index is 505. The fourth-order valence-corrected chi connectivity index (χ4v) is 3.31. The molecule has 2 aliphatic rings. The molecule has 0 aliphatic carbocycles. The molecule has 0 aromatic heterocycles. The zero-order valence-corrected chi connectivity index (χ0v) is 13.5. The largest absolute Gasteiger partial charge is 0.373 e. The fraction of sp³-hybridized carbons (Fsp3) is 0.588. The molecule has 0 amide bonds. The van der Waals surface area contributed by atoms with Crippen LogP contribution >= 0.6 is 0 Å². The van der Waals surface area contributed by atoms with Gasteiger partial charge in [0.1, 0.15) is 0 Å². The molecule has 0 saturated carbocycles. The second kappa shape index (κ2) is 7.01. The lowest BCUT2D eigenvalue weighted by Crippen LogP contribution is -2.48. The Morgan fingerprint density at radius 2 is 2.14 bits per heavy atom. The highest BCUT2D eigenvalue weighted by Crippen LogP contribution is 2.34. The van der Waals surface area contributed by atoms with E-state index in [-0.39, 0.29) is 0 Å². The Kier molecular flexibility index (Phi) is 4.83. The summed E-state index contributed by atoms with van der Waals surface area (Å²) < 4.78 is 5.88. The summed E-state index contributed by atoms with van der Waals surface area (Å²) in [6.45, 7) is 1.78. The van der Waals surface area contributed by atoms with E-state index in [1.807, 2.05) is 13.1 Å². The number of likely N-dealkylation sites (N-methyl/N-ethyl adjacent to an activating group) is 1. The van der Waals surface area contributed by atoms with Crippen molar-refractivity contribution in [2.45, 2.75) is 37.5 Å². The van der Waals surface area contributed by atoms with Crippen LogP contribution in [-0.4, -0.2) is 51.4 Å². The van der Waals surface area contributed by atoms with Crippen molar-refractivity contribution in [2.24, 2.45) is 4.99 Å². The van der Waals surface area contributed by atoms with Crippen molar-refractivity contribution in [3.63, 3.8) is 0 Å². The number of nitrogens with one attached hydrogen (secondary N) is 2. The van der Waals surface area contributed by atoms with Gasteiger partial charge in [0.25, 0.3) is 0 Å². The van der Waals surface area contributed by atoms with Crippen LogP contribution < -0.4 is 15.5 Å². The number of aliphatic imine (C=N–C) groups is 1. The van der Waals surface area contributed by atoms with E-state index in [2.05, 4.69) is 51.8 Å². The highest BCUT2D eigenvalue weighted by molar-refractivity contribution is 5.80. The fourth-order valence-electron chi connectivity index (χ4n) is 3.31. The van der Waals surface area contributed by atoms with Crippen LogP contribution in [0.15, 0.2) is 35.3 Å². The van der Waals surface area contributed by atoms with Crippen LogP contribution in [0.4, 0.5) is 5.69 Å². The summed E-state index contributed by atoms with van der Waals surface area (Å²) >= 11 is 0. The van der Waals surface area contributed by atoms with E-state index in [9.17, 15) is 0 Å². The molecule has 22 heavy (non-hydrogen) atoms. The number of hydrogen-bond acceptors (Lipinski definition) is 3. The number of fused-ring (bicyclic) bond motifs is 2. The maximum absolute atomic E-state index is 5.88. The summed E-state index contributed by atoms with van der Waals surface area (Å²) in [5.41, 5.74) is 1.23. The van der Waals surface area contributed by atoms with Gasteiger partial charge in [0, 0.05) is 32.9 Å². The van der Waals surface area contributed by atoms with E-state index in [1.165, 1.54) is 18.5 Å². The molecule has 3 unspecified atom stereocenters. The lowest BCUT2D eigenvalue weighted by Gasteiger charge is -2.24. The molecular weight excluding hydrogens is 276 g/mol. The number of guanidine groups is 1. The third-order valence-electron chi connectivity index (χ3n) is 4.59. The first-order valence-corrected chi connectivity index (χ1v) is 8.15. The van der Waals surface area contributed by atoms with Crippen molar-refractivity contribution in [1.29, 1.82) is 0 Å². The van der Waals surface area contributed by atoms with Crippen LogP contribution in [-0.2, 0) is 4.74 Å². The molecule has 1 aromatic rings. The van der Waals surface area contributed by atoms with Gasteiger partial charge in [0.2, 0.25) is 0 Å². The molecule has 5 heteroatoms. The van der Waals surface area contributed by atoms with Crippen LogP contribution in [0.5, 0.6) is 0 Å². The zero-order chi connectivity index (χ0) is 15.4. The second-order valence-corrected chi connectivity index (χ2v) is 6.12. The Morgan fingerprint density at radius 3 is 2.77 bits per heavy atom. The minimum atomic E-state index is 0.371. The molecule has 3 rings (SSSR count). The summed E-state index contributed by atoms with van der Waals surface area (Å²) in [6.07, 6.45) is 4.34. The predicted molar refractivity (Wildman–Crippen MR) is 90.5 cm³/mol. The molecule has 0 spiro atoms. The smallest absolute Gasteiger partial charge is 0.191 e. The highest BCUT2D eigenvalue weighted by Gasteiger charge is 2.41. The van der Waals surface area contributed by atoms with E-state index in [0.29, 0.717) is 18.2 Å². The van der Waals surface area contributed by atoms with Gasteiger partial charge in [0.05, 0.1) is 18.2 Å². The van der Waals surface area contributed by atoms with Gasteiger partial charge in [-0.05, 0) is 31.4 Å².